The van der Waals surface area contributed by atoms with E-state index in [1.807, 2.05) is 0 Å². The molecular formula is C17H15ClN2O5S. The number of carbonyl (C=O) groups is 2. The van der Waals surface area contributed by atoms with Crippen LogP contribution in [0.3, 0.4) is 0 Å². The molecule has 1 fully saturated rings. The number of benzene rings is 2. The third-order valence-electron chi connectivity index (χ3n) is 3.86. The van der Waals surface area contributed by atoms with E-state index in [-0.39, 0.29) is 28.4 Å². The molecule has 0 bridgehead atoms. The molecule has 136 valence electrons. The van der Waals surface area contributed by atoms with E-state index < -0.39 is 21.8 Å². The van der Waals surface area contributed by atoms with E-state index >= 15 is 0 Å². The summed E-state index contributed by atoms with van der Waals surface area (Å²) < 4.78 is 29.9. The van der Waals surface area contributed by atoms with Crippen LogP contribution in [0.1, 0.15) is 16.8 Å². The lowest BCUT2D eigenvalue weighted by Crippen LogP contribution is -2.29. The topological polar surface area (TPSA) is 92.8 Å². The van der Waals surface area contributed by atoms with E-state index in [1.54, 1.807) is 24.3 Å². The van der Waals surface area contributed by atoms with Crippen molar-refractivity contribution in [2.24, 2.45) is 0 Å². The summed E-state index contributed by atoms with van der Waals surface area (Å²) in [5.74, 6) is -0.664. The number of hydrogen-bond acceptors (Lipinski definition) is 5. The van der Waals surface area contributed by atoms with Crippen molar-refractivity contribution in [2.45, 2.75) is 6.42 Å². The fourth-order valence-corrected chi connectivity index (χ4v) is 4.21. The Morgan fingerprint density at radius 2 is 1.88 bits per heavy atom. The first kappa shape index (κ1) is 18.2. The van der Waals surface area contributed by atoms with Gasteiger partial charge in [0.1, 0.15) is 5.75 Å². The highest BCUT2D eigenvalue weighted by Crippen LogP contribution is 2.29. The Morgan fingerprint density at radius 3 is 2.46 bits per heavy atom. The van der Waals surface area contributed by atoms with Crippen molar-refractivity contribution in [1.29, 1.82) is 0 Å². The van der Waals surface area contributed by atoms with Gasteiger partial charge >= 0.3 is 0 Å². The average molecular weight is 395 g/mol. The first-order valence-electron chi connectivity index (χ1n) is 7.62. The van der Waals surface area contributed by atoms with Crippen LogP contribution in [0, 0.1) is 0 Å². The third kappa shape index (κ3) is 3.51. The number of hydrogen-bond donors (Lipinski definition) is 1. The second-order valence-corrected chi connectivity index (χ2v) is 7.92. The molecule has 2 amide bonds. The van der Waals surface area contributed by atoms with Crippen molar-refractivity contribution in [1.82, 2.24) is 0 Å². The van der Waals surface area contributed by atoms with E-state index in [2.05, 4.69) is 5.32 Å². The summed E-state index contributed by atoms with van der Waals surface area (Å²) in [4.78, 5) is 24.4. The fourth-order valence-electron chi connectivity index (χ4n) is 2.56. The zero-order valence-corrected chi connectivity index (χ0v) is 15.3. The van der Waals surface area contributed by atoms with Gasteiger partial charge in [-0.3, -0.25) is 9.59 Å². The summed E-state index contributed by atoms with van der Waals surface area (Å²) in [5, 5.41) is 2.81. The van der Waals surface area contributed by atoms with Crippen molar-refractivity contribution in [3.63, 3.8) is 0 Å². The van der Waals surface area contributed by atoms with E-state index in [0.717, 1.165) is 0 Å². The SMILES string of the molecule is COc1ccc(NC(=O)c2cc(N3C(=O)CCS3(=O)=O)ccc2Cl)cc1. The van der Waals surface area contributed by atoms with Crippen LogP contribution >= 0.6 is 11.6 Å². The molecule has 0 saturated carbocycles. The zero-order valence-electron chi connectivity index (χ0n) is 13.7. The van der Waals surface area contributed by atoms with Crippen LogP contribution in [-0.2, 0) is 14.8 Å². The molecule has 2 aromatic carbocycles. The Balaban J connectivity index is 1.89. The van der Waals surface area contributed by atoms with Crippen molar-refractivity contribution in [3.05, 3.63) is 53.1 Å². The number of anilines is 2. The highest BCUT2D eigenvalue weighted by atomic mass is 35.5. The molecule has 1 heterocycles. The predicted molar refractivity (Wildman–Crippen MR) is 98.3 cm³/mol. The van der Waals surface area contributed by atoms with Gasteiger partial charge in [-0.1, -0.05) is 11.6 Å². The van der Waals surface area contributed by atoms with E-state index in [9.17, 15) is 18.0 Å². The molecule has 0 atom stereocenters. The summed E-state index contributed by atoms with van der Waals surface area (Å²) in [6.07, 6.45) is -0.0850. The lowest BCUT2D eigenvalue weighted by atomic mass is 10.1. The maximum absolute atomic E-state index is 12.5. The summed E-state index contributed by atoms with van der Waals surface area (Å²) in [6, 6.07) is 10.8. The second-order valence-electron chi connectivity index (χ2n) is 5.57. The predicted octanol–water partition coefficient (Wildman–Crippen LogP) is 2.67. The molecule has 1 saturated heterocycles. The van der Waals surface area contributed by atoms with Crippen molar-refractivity contribution < 1.29 is 22.7 Å². The van der Waals surface area contributed by atoms with Crippen LogP contribution in [0.25, 0.3) is 0 Å². The number of halogens is 1. The largest absolute Gasteiger partial charge is 0.497 e. The Bertz CT molecular complexity index is 973. The van der Waals surface area contributed by atoms with Gasteiger partial charge in [-0.05, 0) is 42.5 Å². The molecule has 0 radical (unpaired) electrons. The number of sulfonamides is 1. The monoisotopic (exact) mass is 394 g/mol. The summed E-state index contributed by atoms with van der Waals surface area (Å²) in [7, 11) is -2.18. The lowest BCUT2D eigenvalue weighted by molar-refractivity contribution is -0.116. The first-order chi connectivity index (χ1) is 12.3. The number of methoxy groups -OCH3 is 1. The minimum atomic E-state index is -3.72. The Kier molecular flexibility index (Phi) is 4.88. The molecule has 0 spiro atoms. The van der Waals surface area contributed by atoms with E-state index in [4.69, 9.17) is 16.3 Å². The molecule has 26 heavy (non-hydrogen) atoms. The summed E-state index contributed by atoms with van der Waals surface area (Å²) >= 11 is 6.09. The molecule has 1 aliphatic heterocycles. The molecule has 3 rings (SSSR count). The Morgan fingerprint density at radius 1 is 1.19 bits per heavy atom. The van der Waals surface area contributed by atoms with Crippen LogP contribution in [-0.4, -0.2) is 33.1 Å². The number of nitrogens with one attached hydrogen (secondary N) is 1. The first-order valence-corrected chi connectivity index (χ1v) is 9.61. The second kappa shape index (κ2) is 6.97. The van der Waals surface area contributed by atoms with Crippen molar-refractivity contribution >= 4 is 44.8 Å². The highest BCUT2D eigenvalue weighted by molar-refractivity contribution is 7.94. The van der Waals surface area contributed by atoms with Gasteiger partial charge in [0.15, 0.2) is 0 Å². The maximum Gasteiger partial charge on any atom is 0.257 e. The van der Waals surface area contributed by atoms with Crippen molar-refractivity contribution in [3.8, 4) is 5.75 Å². The zero-order chi connectivity index (χ0) is 18.9. The Hall–Kier alpha value is -2.58. The Labute approximate surface area is 155 Å². The number of amides is 2. The van der Waals surface area contributed by atoms with Crippen LogP contribution < -0.4 is 14.4 Å². The lowest BCUT2D eigenvalue weighted by Gasteiger charge is -2.16. The molecule has 9 heteroatoms. The van der Waals surface area contributed by atoms with Crippen LogP contribution in [0.5, 0.6) is 5.75 Å². The molecule has 0 aliphatic carbocycles. The van der Waals surface area contributed by atoms with Gasteiger partial charge in [0.2, 0.25) is 15.9 Å². The molecule has 0 aromatic heterocycles. The smallest absolute Gasteiger partial charge is 0.257 e. The normalized spacial score (nSPS) is 15.8. The fraction of sp³-hybridized carbons (Fsp3) is 0.176. The average Bonchev–Trinajstić information content (AvgIpc) is 2.89. The molecule has 0 unspecified atom stereocenters. The van der Waals surface area contributed by atoms with Gasteiger partial charge in [0, 0.05) is 12.1 Å². The number of nitrogens with zero attached hydrogens (tertiary/aromatic N) is 1. The minimum Gasteiger partial charge on any atom is -0.497 e. The summed E-state index contributed by atoms with van der Waals surface area (Å²) in [5.41, 5.74) is 0.675. The minimum absolute atomic E-state index is 0.0647. The molecule has 1 aliphatic rings. The maximum atomic E-state index is 12.5. The summed E-state index contributed by atoms with van der Waals surface area (Å²) in [6.45, 7) is 0. The van der Waals surface area contributed by atoms with E-state index in [1.165, 1.54) is 25.3 Å². The van der Waals surface area contributed by atoms with Crippen molar-refractivity contribution in [2.75, 3.05) is 22.5 Å². The van der Waals surface area contributed by atoms with Gasteiger partial charge in [-0.15, -0.1) is 0 Å². The number of carbonyl (C=O) groups excluding carboxylic acids is 2. The van der Waals surface area contributed by atoms with Crippen LogP contribution in [0.15, 0.2) is 42.5 Å². The third-order valence-corrected chi connectivity index (χ3v) is 5.88. The quantitative estimate of drug-likeness (QED) is 0.860. The molecule has 2 aromatic rings. The molecule has 7 nitrogen and oxygen atoms in total. The molecular weight excluding hydrogens is 380 g/mol. The van der Waals surface area contributed by atoms with Gasteiger partial charge in [0.25, 0.3) is 5.91 Å². The number of rotatable bonds is 4. The van der Waals surface area contributed by atoms with Gasteiger partial charge in [-0.25, -0.2) is 12.7 Å². The highest BCUT2D eigenvalue weighted by Gasteiger charge is 2.36. The number of ether oxygens (including phenoxy) is 1. The van der Waals surface area contributed by atoms with Gasteiger partial charge in [-0.2, -0.15) is 0 Å². The van der Waals surface area contributed by atoms with Gasteiger partial charge in [0.05, 0.1) is 29.1 Å². The standard InChI is InChI=1S/C17H15ClN2O5S/c1-25-13-5-2-11(3-6-13)19-17(22)14-10-12(4-7-15(14)18)20-16(21)8-9-26(20,23)24/h2-7,10H,8-9H2,1H3,(H,19,22). The van der Waals surface area contributed by atoms with E-state index in [0.29, 0.717) is 15.7 Å². The van der Waals surface area contributed by atoms with Gasteiger partial charge < -0.3 is 10.1 Å². The van der Waals surface area contributed by atoms with Crippen LogP contribution in [0.4, 0.5) is 11.4 Å². The molecule has 1 N–H and O–H groups in total. The van der Waals surface area contributed by atoms with Crippen LogP contribution in [0.2, 0.25) is 5.02 Å².